The number of carbonyl (C=O) groups is 1. The zero-order valence-electron chi connectivity index (χ0n) is 49.2. The molecule has 0 bridgehead atoms. The molecule has 0 saturated heterocycles. The van der Waals surface area contributed by atoms with Crippen LogP contribution in [0.25, 0.3) is 99.0 Å². The Balaban J connectivity index is 0.859. The average molecular weight is 1280 g/mol. The molecule has 3 aliphatic rings. The lowest BCUT2D eigenvalue weighted by Gasteiger charge is -2.34. The second kappa shape index (κ2) is 20.2. The molecule has 6 heterocycles. The number of allylic oxidation sites excluding steroid dienone is 4. The number of ketones is 1. The van der Waals surface area contributed by atoms with Crippen LogP contribution < -0.4 is 0 Å². The van der Waals surface area contributed by atoms with E-state index in [1.54, 1.807) is 29.5 Å². The largest absolute Gasteiger partial charge is 0.289 e. The maximum Gasteiger partial charge on any atom is 0.194 e. The summed E-state index contributed by atoms with van der Waals surface area (Å²) in [6, 6.07) is 73.9. The van der Waals surface area contributed by atoms with E-state index in [1.807, 2.05) is 58.3 Å². The topological polar surface area (TPSA) is 116 Å². The van der Waals surface area contributed by atoms with Crippen LogP contribution in [0.2, 0.25) is 0 Å². The molecule has 6 aromatic heterocycles. The lowest BCUT2D eigenvalue weighted by molar-refractivity contribution is 0.104. The van der Waals surface area contributed by atoms with Crippen LogP contribution >= 0.6 is 68.8 Å². The summed E-state index contributed by atoms with van der Waals surface area (Å²) in [7, 11) is 0. The Bertz CT molecular complexity index is 5720. The Labute approximate surface area is 547 Å². The minimum Gasteiger partial charge on any atom is -0.289 e. The molecule has 430 valence electrons. The fraction of sp³-hybridized carbons (Fsp3) is 0.0897. The van der Waals surface area contributed by atoms with Crippen LogP contribution in [-0.2, 0) is 17.3 Å². The summed E-state index contributed by atoms with van der Waals surface area (Å²) >= 11 is 10.0. The molecule has 13 heteroatoms. The van der Waals surface area contributed by atoms with Gasteiger partial charge in [-0.2, -0.15) is 28.0 Å². The molecular formula is C78H46N6OS6. The molecule has 3 aliphatic carbocycles. The van der Waals surface area contributed by atoms with Gasteiger partial charge in [0.25, 0.3) is 0 Å². The van der Waals surface area contributed by atoms with Crippen molar-refractivity contribution in [3.8, 4) is 53.9 Å². The zero-order chi connectivity index (χ0) is 61.2. The lowest BCUT2D eigenvalue weighted by Crippen LogP contribution is -2.29. The number of thiophene rings is 4. The molecular weight excluding hydrogens is 1230 g/mol. The molecule has 9 aromatic carbocycles. The van der Waals surface area contributed by atoms with E-state index in [9.17, 15) is 15.3 Å². The monoisotopic (exact) mass is 1270 g/mol. The Morgan fingerprint density at radius 3 is 1.44 bits per heavy atom. The first-order chi connectivity index (χ1) is 44.5. The maximum absolute atomic E-state index is 13.9. The molecule has 91 heavy (non-hydrogen) atoms. The van der Waals surface area contributed by atoms with Gasteiger partial charge in [0.2, 0.25) is 0 Å². The van der Waals surface area contributed by atoms with Crippen molar-refractivity contribution in [1.82, 2.24) is 17.5 Å². The van der Waals surface area contributed by atoms with Gasteiger partial charge in [0.1, 0.15) is 39.8 Å². The highest BCUT2D eigenvalue weighted by molar-refractivity contribution is 7.32. The summed E-state index contributed by atoms with van der Waals surface area (Å²) in [5.74, 6) is -0.194. The predicted octanol–water partition coefficient (Wildman–Crippen LogP) is 20.9. The van der Waals surface area contributed by atoms with Gasteiger partial charge in [0.15, 0.2) is 5.78 Å². The third kappa shape index (κ3) is 7.68. The van der Waals surface area contributed by atoms with Crippen molar-refractivity contribution >= 4 is 132 Å². The molecule has 7 nitrogen and oxygen atoms in total. The molecule has 18 rings (SSSR count). The van der Waals surface area contributed by atoms with E-state index in [2.05, 4.69) is 196 Å². The fourth-order valence-electron chi connectivity index (χ4n) is 14.8. The standard InChI is InChI=1S/C78H46N6OS6/c1-40-12-22-48(23-13-40)77(49-24-14-41(2)15-25-49)59-32-45-34-64(54-10-7-11-61-70(54)83-90-81-61)86-62(45)36-57(59)73-67(77)75-76(88-73)68-74(89-75)58-37-63-46(33-60(58)78(68,50-26-16-42(3)17-27-50)51-28-18-43(4)19-29-51)35-65(87-63)55-30-20-44(69-71(55)84-91-82-69)21-31-56-66(47(38-79)39-80)52-8-5-6-9-53(52)72(56)85/h5-20,22-37H,21H2,1-4H3/b56-31-. The molecule has 0 N–H and O–H groups in total. The second-order valence-electron chi connectivity index (χ2n) is 24.2. The van der Waals surface area contributed by atoms with Crippen molar-refractivity contribution < 1.29 is 4.79 Å². The minimum absolute atomic E-state index is 0.0797. The number of carbonyl (C=O) groups excluding carboxylic acids is 1. The van der Waals surface area contributed by atoms with Gasteiger partial charge >= 0.3 is 0 Å². The van der Waals surface area contributed by atoms with Crippen LogP contribution in [0.3, 0.4) is 0 Å². The lowest BCUT2D eigenvalue weighted by atomic mass is 9.66. The quantitative estimate of drug-likeness (QED) is 0.110. The van der Waals surface area contributed by atoms with Crippen LogP contribution in [0, 0.1) is 50.4 Å². The highest BCUT2D eigenvalue weighted by atomic mass is 32.1. The molecule has 0 saturated carbocycles. The summed E-state index contributed by atoms with van der Waals surface area (Å²) in [6.45, 7) is 8.74. The van der Waals surface area contributed by atoms with Crippen LogP contribution in [0.4, 0.5) is 0 Å². The van der Waals surface area contributed by atoms with Crippen molar-refractivity contribution in [3.05, 3.63) is 289 Å². The summed E-state index contributed by atoms with van der Waals surface area (Å²) in [6.07, 6.45) is 2.21. The summed E-state index contributed by atoms with van der Waals surface area (Å²) in [5, 5.41) is 22.4. The highest BCUT2D eigenvalue weighted by Crippen LogP contribution is 2.69. The summed E-state index contributed by atoms with van der Waals surface area (Å²) in [4.78, 5) is 18.8. The molecule has 0 aliphatic heterocycles. The van der Waals surface area contributed by atoms with Crippen molar-refractivity contribution in [2.24, 2.45) is 0 Å². The molecule has 15 aromatic rings. The Kier molecular flexibility index (Phi) is 12.0. The Morgan fingerprint density at radius 2 is 0.923 bits per heavy atom. The van der Waals surface area contributed by atoms with Crippen molar-refractivity contribution in [1.29, 1.82) is 10.5 Å². The zero-order valence-corrected chi connectivity index (χ0v) is 54.1. The third-order valence-corrected chi connectivity index (χ3v) is 25.0. The van der Waals surface area contributed by atoms with Gasteiger partial charge in [-0.15, -0.1) is 45.3 Å². The van der Waals surface area contributed by atoms with Crippen molar-refractivity contribution in [2.45, 2.75) is 44.9 Å². The molecule has 0 atom stereocenters. The van der Waals surface area contributed by atoms with E-state index in [0.717, 1.165) is 49.0 Å². The van der Waals surface area contributed by atoms with Gasteiger partial charge in [-0.1, -0.05) is 174 Å². The van der Waals surface area contributed by atoms with Crippen molar-refractivity contribution in [2.75, 3.05) is 0 Å². The molecule has 0 amide bonds. The second-order valence-corrected chi connectivity index (χ2v) is 29.4. The normalized spacial score (nSPS) is 14.6. The number of nitriles is 2. The number of hydrogen-bond acceptors (Lipinski definition) is 13. The number of Topliss-reactive ketones (excluding diaryl/α,β-unsaturated/α-hetero) is 1. The number of aromatic nitrogens is 4. The minimum atomic E-state index is -0.697. The van der Waals surface area contributed by atoms with E-state index in [-0.39, 0.29) is 11.4 Å². The number of fused-ring (bicyclic) bond motifs is 14. The van der Waals surface area contributed by atoms with Gasteiger partial charge in [0, 0.05) is 67.9 Å². The van der Waals surface area contributed by atoms with Gasteiger partial charge in [-0.25, -0.2) is 0 Å². The van der Waals surface area contributed by atoms with Crippen LogP contribution in [0.1, 0.15) is 88.2 Å². The average Bonchev–Trinajstić information content (AvgIpc) is 1.49. The first-order valence-electron chi connectivity index (χ1n) is 29.9. The first kappa shape index (κ1) is 54.3. The van der Waals surface area contributed by atoms with Gasteiger partial charge < -0.3 is 0 Å². The number of aryl methyl sites for hydroxylation is 4. The van der Waals surface area contributed by atoms with Crippen LogP contribution in [0.5, 0.6) is 0 Å². The predicted molar refractivity (Wildman–Crippen MR) is 378 cm³/mol. The maximum atomic E-state index is 13.9. The number of benzene rings is 9. The SMILES string of the molecule is Cc1ccc(C2(c3ccc(C)cc3)c3cc4cc(-c5cccc6nsnc56)sc4cc3-c3sc4c5c(sc4c32)-c2cc3sc(-c4ccc(C/C=C6\C(=O)c7ccccc7C6=C(C#N)C#N)c6nsnc46)cc3cc2C5(c2ccc(C)cc2)c2ccc(C)cc2)cc1. The van der Waals surface area contributed by atoms with Gasteiger partial charge in [-0.05, 0) is 143 Å². The van der Waals surface area contributed by atoms with Crippen LogP contribution in [-0.4, -0.2) is 23.3 Å². The molecule has 0 fully saturated rings. The van der Waals surface area contributed by atoms with Gasteiger partial charge in [0.05, 0.1) is 43.7 Å². The molecule has 0 spiro atoms. The van der Waals surface area contributed by atoms with Crippen LogP contribution in [0.15, 0.2) is 205 Å². The highest BCUT2D eigenvalue weighted by Gasteiger charge is 2.54. The van der Waals surface area contributed by atoms with E-state index in [0.29, 0.717) is 28.7 Å². The number of hydrogen-bond donors (Lipinski definition) is 0. The third-order valence-electron chi connectivity index (χ3n) is 19.1. The van der Waals surface area contributed by atoms with Gasteiger partial charge in [-0.3, -0.25) is 4.79 Å². The Morgan fingerprint density at radius 1 is 0.462 bits per heavy atom. The van der Waals surface area contributed by atoms with E-state index >= 15 is 0 Å². The summed E-state index contributed by atoms with van der Waals surface area (Å²) in [5.41, 5.74) is 24.5. The van der Waals surface area contributed by atoms with Crippen molar-refractivity contribution in [3.63, 3.8) is 0 Å². The fourth-order valence-corrected chi connectivity index (χ4v) is 21.4. The molecule has 0 unspecified atom stereocenters. The Hall–Kier alpha value is -9.67. The van der Waals surface area contributed by atoms with E-state index in [4.69, 9.17) is 13.1 Å². The molecule has 0 radical (unpaired) electrons. The first-order valence-corrected chi connectivity index (χ1v) is 34.7. The smallest absolute Gasteiger partial charge is 0.194 e. The number of rotatable bonds is 8. The van der Waals surface area contributed by atoms with E-state index < -0.39 is 10.8 Å². The number of nitrogens with zero attached hydrogens (tertiary/aromatic N) is 6. The summed E-state index contributed by atoms with van der Waals surface area (Å²) < 4.78 is 24.3. The van der Waals surface area contributed by atoms with E-state index in [1.165, 1.54) is 140 Å².